The zero-order valence-corrected chi connectivity index (χ0v) is 9.95. The molecule has 0 aromatic rings. The van der Waals surface area contributed by atoms with Gasteiger partial charge in [-0.3, -0.25) is 9.80 Å². The molecule has 0 aromatic carbocycles. The molecule has 0 rings (SSSR count). The molecule has 0 saturated carbocycles. The van der Waals surface area contributed by atoms with E-state index in [4.69, 9.17) is 0 Å². The van der Waals surface area contributed by atoms with Gasteiger partial charge in [0.1, 0.15) is 0 Å². The van der Waals surface area contributed by atoms with Gasteiger partial charge in [0, 0.05) is 18.6 Å². The zero-order valence-electron chi connectivity index (χ0n) is 9.95. The predicted octanol–water partition coefficient (Wildman–Crippen LogP) is 2.05. The monoisotopic (exact) mass is 198 g/mol. The van der Waals surface area contributed by atoms with Crippen LogP contribution in [-0.2, 0) is 4.79 Å². The van der Waals surface area contributed by atoms with Gasteiger partial charge in [-0.1, -0.05) is 6.58 Å². The van der Waals surface area contributed by atoms with E-state index in [2.05, 4.69) is 39.3 Å². The average molecular weight is 198 g/mol. The fraction of sp³-hybridized carbons (Fsp3) is 0.727. The lowest BCUT2D eigenvalue weighted by atomic mass is 10.3. The molecule has 0 aliphatic rings. The Hall–Kier alpha value is -0.830. The van der Waals surface area contributed by atoms with E-state index >= 15 is 0 Å². The Morgan fingerprint density at radius 2 is 1.71 bits per heavy atom. The van der Waals surface area contributed by atoms with Crippen LogP contribution in [0.3, 0.4) is 0 Å². The van der Waals surface area contributed by atoms with E-state index in [9.17, 15) is 4.79 Å². The van der Waals surface area contributed by atoms with Crippen LogP contribution >= 0.6 is 0 Å². The summed E-state index contributed by atoms with van der Waals surface area (Å²) >= 11 is 0. The quantitative estimate of drug-likeness (QED) is 0.498. The number of hydrogen-bond acceptors (Lipinski definition) is 2. The molecular formula is C11H22N2O. The largest absolute Gasteiger partial charge is 0.272 e. The number of carbonyl (C=O) groups excluding carboxylic acids is 1. The first-order valence-corrected chi connectivity index (χ1v) is 5.17. The Kier molecular flexibility index (Phi) is 5.46. The summed E-state index contributed by atoms with van der Waals surface area (Å²) in [6.07, 6.45) is 1.36. The fourth-order valence-electron chi connectivity index (χ4n) is 1.69. The Bertz CT molecular complexity index is 191. The molecule has 0 atom stereocenters. The molecule has 0 aliphatic heterocycles. The van der Waals surface area contributed by atoms with E-state index in [0.29, 0.717) is 18.6 Å². The summed E-state index contributed by atoms with van der Waals surface area (Å²) in [5, 5.41) is 3.81. The highest BCUT2D eigenvalue weighted by molar-refractivity contribution is 5.86. The van der Waals surface area contributed by atoms with Gasteiger partial charge in [-0.15, -0.1) is 0 Å². The highest BCUT2D eigenvalue weighted by atomic mass is 16.2. The van der Waals surface area contributed by atoms with Crippen molar-refractivity contribution in [3.8, 4) is 0 Å². The molecule has 0 saturated heterocycles. The van der Waals surface area contributed by atoms with Crippen molar-refractivity contribution < 1.29 is 4.79 Å². The highest BCUT2D eigenvalue weighted by Crippen LogP contribution is 2.10. The first-order chi connectivity index (χ1) is 6.45. The standard InChI is InChI=1S/C11H22N2O/c1-7-11(14)12(8-2)13(9(3)4)10(5)6/h7,9-10H,1,8H2,2-6H3. The van der Waals surface area contributed by atoms with Crippen LogP contribution in [-0.4, -0.2) is 34.6 Å². The molecule has 3 heteroatoms. The maximum Gasteiger partial charge on any atom is 0.260 e. The molecule has 0 bridgehead atoms. The SMILES string of the molecule is C=CC(=O)N(CC)N(C(C)C)C(C)C. The van der Waals surface area contributed by atoms with Crippen LogP contribution in [0.25, 0.3) is 0 Å². The Labute approximate surface area is 87.4 Å². The summed E-state index contributed by atoms with van der Waals surface area (Å²) in [4.78, 5) is 11.6. The van der Waals surface area contributed by atoms with Gasteiger partial charge in [-0.2, -0.15) is 0 Å². The molecule has 0 aliphatic carbocycles. The minimum atomic E-state index is -0.0325. The number of likely N-dealkylation sites (N-methyl/N-ethyl adjacent to an activating group) is 1. The second-order valence-corrected chi connectivity index (χ2v) is 3.83. The van der Waals surface area contributed by atoms with Crippen molar-refractivity contribution in [2.75, 3.05) is 6.54 Å². The molecule has 0 spiro atoms. The topological polar surface area (TPSA) is 23.6 Å². The minimum absolute atomic E-state index is 0.0325. The van der Waals surface area contributed by atoms with Gasteiger partial charge >= 0.3 is 0 Å². The number of amides is 1. The van der Waals surface area contributed by atoms with Gasteiger partial charge in [0.05, 0.1) is 0 Å². The molecule has 82 valence electrons. The molecular weight excluding hydrogens is 176 g/mol. The van der Waals surface area contributed by atoms with Gasteiger partial charge in [0.2, 0.25) is 0 Å². The van der Waals surface area contributed by atoms with Crippen molar-refractivity contribution in [3.63, 3.8) is 0 Å². The van der Waals surface area contributed by atoms with E-state index in [-0.39, 0.29) is 5.91 Å². The summed E-state index contributed by atoms with van der Waals surface area (Å²) in [6.45, 7) is 14.5. The van der Waals surface area contributed by atoms with E-state index in [1.54, 1.807) is 5.01 Å². The summed E-state index contributed by atoms with van der Waals surface area (Å²) < 4.78 is 0. The Morgan fingerprint density at radius 1 is 1.29 bits per heavy atom. The van der Waals surface area contributed by atoms with Crippen molar-refractivity contribution in [2.24, 2.45) is 0 Å². The summed E-state index contributed by atoms with van der Waals surface area (Å²) in [5.74, 6) is -0.0325. The predicted molar refractivity (Wildman–Crippen MR) is 59.7 cm³/mol. The number of hydrazine groups is 1. The first kappa shape index (κ1) is 13.2. The zero-order chi connectivity index (χ0) is 11.3. The van der Waals surface area contributed by atoms with E-state index in [1.807, 2.05) is 6.92 Å². The lowest BCUT2D eigenvalue weighted by molar-refractivity contribution is -0.150. The Morgan fingerprint density at radius 3 is 1.93 bits per heavy atom. The van der Waals surface area contributed by atoms with Crippen LogP contribution in [0.1, 0.15) is 34.6 Å². The molecule has 0 aromatic heterocycles. The van der Waals surface area contributed by atoms with Crippen molar-refractivity contribution in [3.05, 3.63) is 12.7 Å². The van der Waals surface area contributed by atoms with Crippen LogP contribution in [0.15, 0.2) is 12.7 Å². The van der Waals surface area contributed by atoms with Crippen molar-refractivity contribution in [2.45, 2.75) is 46.7 Å². The third-order valence-electron chi connectivity index (χ3n) is 2.07. The summed E-state index contributed by atoms with van der Waals surface area (Å²) in [5.41, 5.74) is 0. The lowest BCUT2D eigenvalue weighted by Gasteiger charge is -2.39. The second kappa shape index (κ2) is 5.81. The summed E-state index contributed by atoms with van der Waals surface area (Å²) in [7, 11) is 0. The summed E-state index contributed by atoms with van der Waals surface area (Å²) in [6, 6.07) is 0.637. The number of nitrogens with zero attached hydrogens (tertiary/aromatic N) is 2. The number of hydrogen-bond donors (Lipinski definition) is 0. The second-order valence-electron chi connectivity index (χ2n) is 3.83. The van der Waals surface area contributed by atoms with Crippen molar-refractivity contribution in [1.29, 1.82) is 0 Å². The van der Waals surface area contributed by atoms with Crippen LogP contribution in [0.4, 0.5) is 0 Å². The average Bonchev–Trinajstić information content (AvgIpc) is 2.11. The van der Waals surface area contributed by atoms with Crippen LogP contribution in [0, 0.1) is 0 Å². The molecule has 0 fully saturated rings. The first-order valence-electron chi connectivity index (χ1n) is 5.17. The number of rotatable bonds is 5. The van der Waals surface area contributed by atoms with Crippen LogP contribution < -0.4 is 0 Å². The molecule has 0 radical (unpaired) electrons. The van der Waals surface area contributed by atoms with Gasteiger partial charge in [-0.05, 0) is 40.7 Å². The molecule has 0 heterocycles. The molecule has 14 heavy (non-hydrogen) atoms. The van der Waals surface area contributed by atoms with Gasteiger partial charge in [0.15, 0.2) is 0 Å². The molecule has 1 amide bonds. The molecule has 3 nitrogen and oxygen atoms in total. The Balaban J connectivity index is 4.75. The third kappa shape index (κ3) is 3.14. The normalized spacial score (nSPS) is 11.1. The maximum absolute atomic E-state index is 11.6. The van der Waals surface area contributed by atoms with Gasteiger partial charge in [0.25, 0.3) is 5.91 Å². The lowest BCUT2D eigenvalue weighted by Crippen LogP contribution is -2.52. The highest BCUT2D eigenvalue weighted by Gasteiger charge is 2.22. The van der Waals surface area contributed by atoms with E-state index < -0.39 is 0 Å². The van der Waals surface area contributed by atoms with Crippen molar-refractivity contribution in [1.82, 2.24) is 10.0 Å². The van der Waals surface area contributed by atoms with Crippen molar-refractivity contribution >= 4 is 5.91 Å². The van der Waals surface area contributed by atoms with Crippen LogP contribution in [0.2, 0.25) is 0 Å². The van der Waals surface area contributed by atoms with E-state index in [1.165, 1.54) is 6.08 Å². The molecule has 0 N–H and O–H groups in total. The fourth-order valence-corrected chi connectivity index (χ4v) is 1.69. The van der Waals surface area contributed by atoms with Gasteiger partial charge in [-0.25, -0.2) is 5.01 Å². The van der Waals surface area contributed by atoms with E-state index in [0.717, 1.165) is 0 Å². The smallest absolute Gasteiger partial charge is 0.260 e. The maximum atomic E-state index is 11.6. The number of carbonyl (C=O) groups is 1. The third-order valence-corrected chi connectivity index (χ3v) is 2.07. The van der Waals surface area contributed by atoms with Crippen LogP contribution in [0.5, 0.6) is 0 Å². The minimum Gasteiger partial charge on any atom is -0.272 e. The van der Waals surface area contributed by atoms with Gasteiger partial charge < -0.3 is 0 Å². The molecule has 0 unspecified atom stereocenters.